The normalized spacial score (nSPS) is 17.0. The molecule has 0 aliphatic carbocycles. The first-order chi connectivity index (χ1) is 11.2. The second kappa shape index (κ2) is 6.71. The molecule has 1 aromatic carbocycles. The number of benzene rings is 1. The number of hydrogen-bond donors (Lipinski definition) is 1. The van der Waals surface area contributed by atoms with E-state index in [9.17, 15) is 4.79 Å². The zero-order valence-corrected chi connectivity index (χ0v) is 13.1. The zero-order chi connectivity index (χ0) is 16.2. The first-order valence-corrected chi connectivity index (χ1v) is 7.69. The van der Waals surface area contributed by atoms with Crippen molar-refractivity contribution < 1.29 is 9.32 Å². The fraction of sp³-hybridized carbons (Fsp3) is 0.312. The van der Waals surface area contributed by atoms with Crippen molar-refractivity contribution in [3.05, 3.63) is 41.1 Å². The highest BCUT2D eigenvalue weighted by Gasteiger charge is 2.23. The Morgan fingerprint density at radius 2 is 2.26 bits per heavy atom. The Hall–Kier alpha value is -2.52. The van der Waals surface area contributed by atoms with Crippen molar-refractivity contribution in [2.75, 3.05) is 19.6 Å². The first kappa shape index (κ1) is 15.4. The number of aromatic nitrogens is 1. The third-order valence-electron chi connectivity index (χ3n) is 3.85. The Morgan fingerprint density at radius 3 is 2.96 bits per heavy atom. The summed E-state index contributed by atoms with van der Waals surface area (Å²) in [6, 6.07) is 8.75. The fourth-order valence-corrected chi connectivity index (χ4v) is 2.68. The first-order valence-electron chi connectivity index (χ1n) is 7.31. The number of hydrogen-bond acceptors (Lipinski definition) is 5. The molecule has 1 saturated heterocycles. The van der Waals surface area contributed by atoms with Gasteiger partial charge in [-0.3, -0.25) is 4.79 Å². The average Bonchev–Trinajstić information content (AvgIpc) is 3.22. The van der Waals surface area contributed by atoms with Crippen LogP contribution in [0, 0.1) is 17.4 Å². The van der Waals surface area contributed by atoms with E-state index < -0.39 is 0 Å². The van der Waals surface area contributed by atoms with E-state index in [1.807, 2.05) is 12.1 Å². The van der Waals surface area contributed by atoms with Gasteiger partial charge in [-0.15, -0.1) is 0 Å². The largest absolute Gasteiger partial charge is 0.350 e. The number of halogens is 1. The predicted molar refractivity (Wildman–Crippen MR) is 84.6 cm³/mol. The molecule has 0 saturated carbocycles. The van der Waals surface area contributed by atoms with Gasteiger partial charge in [0.1, 0.15) is 5.69 Å². The maximum Gasteiger partial charge on any atom is 0.289 e. The van der Waals surface area contributed by atoms with Gasteiger partial charge in [-0.1, -0.05) is 28.9 Å². The van der Waals surface area contributed by atoms with E-state index in [1.165, 1.54) is 0 Å². The number of likely N-dealkylation sites (tertiary alicyclic amines) is 1. The van der Waals surface area contributed by atoms with Gasteiger partial charge in [-0.05, 0) is 24.5 Å². The standard InChI is InChI=1S/C16H15ClN4O2/c17-13-3-1-12(2-4-13)14-7-15(23-20-14)16(22)19-8-11-5-6-21(9-11)10-18/h1-4,7,11H,5-6,8-9H2,(H,19,22)/t11-/m1/s1. The minimum Gasteiger partial charge on any atom is -0.350 e. The van der Waals surface area contributed by atoms with Crippen LogP contribution in [0.3, 0.4) is 0 Å². The third-order valence-corrected chi connectivity index (χ3v) is 4.10. The van der Waals surface area contributed by atoms with Gasteiger partial charge in [-0.2, -0.15) is 5.26 Å². The summed E-state index contributed by atoms with van der Waals surface area (Å²) in [5.41, 5.74) is 1.42. The van der Waals surface area contributed by atoms with Gasteiger partial charge in [-0.25, -0.2) is 0 Å². The van der Waals surface area contributed by atoms with Gasteiger partial charge in [0.25, 0.3) is 5.91 Å². The van der Waals surface area contributed by atoms with Crippen LogP contribution >= 0.6 is 11.6 Å². The van der Waals surface area contributed by atoms with E-state index in [4.69, 9.17) is 21.4 Å². The van der Waals surface area contributed by atoms with Crippen LogP contribution in [0.4, 0.5) is 0 Å². The maximum absolute atomic E-state index is 12.1. The van der Waals surface area contributed by atoms with Gasteiger partial charge in [0.05, 0.1) is 0 Å². The fourth-order valence-electron chi connectivity index (χ4n) is 2.55. The van der Waals surface area contributed by atoms with Gasteiger partial charge in [0, 0.05) is 36.3 Å². The number of amides is 1. The monoisotopic (exact) mass is 330 g/mol. The Bertz CT molecular complexity index is 735. The van der Waals surface area contributed by atoms with Gasteiger partial charge in [0.2, 0.25) is 5.76 Å². The van der Waals surface area contributed by atoms with Crippen LogP contribution in [0.15, 0.2) is 34.9 Å². The van der Waals surface area contributed by atoms with E-state index in [0.717, 1.165) is 18.5 Å². The average molecular weight is 331 g/mol. The molecule has 1 aliphatic heterocycles. The van der Waals surface area contributed by atoms with Gasteiger partial charge < -0.3 is 14.7 Å². The molecule has 2 heterocycles. The van der Waals surface area contributed by atoms with Crippen molar-refractivity contribution in [1.29, 1.82) is 5.26 Å². The Kier molecular flexibility index (Phi) is 4.49. The summed E-state index contributed by atoms with van der Waals surface area (Å²) in [6.07, 6.45) is 3.02. The lowest BCUT2D eigenvalue weighted by Crippen LogP contribution is -2.30. The molecule has 6 nitrogen and oxygen atoms in total. The van der Waals surface area contributed by atoms with Crippen molar-refractivity contribution in [3.8, 4) is 17.5 Å². The molecule has 1 fully saturated rings. The third kappa shape index (κ3) is 3.63. The van der Waals surface area contributed by atoms with Crippen molar-refractivity contribution >= 4 is 17.5 Å². The summed E-state index contributed by atoms with van der Waals surface area (Å²) in [5.74, 6) is 0.162. The second-order valence-electron chi connectivity index (χ2n) is 5.49. The summed E-state index contributed by atoms with van der Waals surface area (Å²) < 4.78 is 5.11. The topological polar surface area (TPSA) is 82.2 Å². The summed E-state index contributed by atoms with van der Waals surface area (Å²) >= 11 is 5.85. The van der Waals surface area contributed by atoms with Crippen LogP contribution in [0.2, 0.25) is 5.02 Å². The van der Waals surface area contributed by atoms with Crippen LogP contribution in [0.25, 0.3) is 11.3 Å². The highest BCUT2D eigenvalue weighted by molar-refractivity contribution is 6.30. The summed E-state index contributed by atoms with van der Waals surface area (Å²) in [7, 11) is 0. The van der Waals surface area contributed by atoms with E-state index in [2.05, 4.69) is 16.7 Å². The molecule has 1 amide bonds. The molecule has 0 spiro atoms. The molecule has 23 heavy (non-hydrogen) atoms. The van der Waals surface area contributed by atoms with Crippen LogP contribution in [-0.2, 0) is 0 Å². The SMILES string of the molecule is N#CN1CC[C@H](CNC(=O)c2cc(-c3ccc(Cl)cc3)no2)C1. The molecule has 3 rings (SSSR count). The molecule has 0 radical (unpaired) electrons. The molecule has 1 atom stereocenters. The van der Waals surface area contributed by atoms with Crippen LogP contribution in [0.1, 0.15) is 17.0 Å². The van der Waals surface area contributed by atoms with Crippen LogP contribution in [-0.4, -0.2) is 35.6 Å². The Balaban J connectivity index is 1.58. The minimum atomic E-state index is -0.298. The lowest BCUT2D eigenvalue weighted by atomic mass is 10.1. The number of nitrogens with zero attached hydrogens (tertiary/aromatic N) is 3. The van der Waals surface area contributed by atoms with Crippen molar-refractivity contribution in [2.45, 2.75) is 6.42 Å². The van der Waals surface area contributed by atoms with Crippen molar-refractivity contribution in [3.63, 3.8) is 0 Å². The van der Waals surface area contributed by atoms with Crippen molar-refractivity contribution in [1.82, 2.24) is 15.4 Å². The smallest absolute Gasteiger partial charge is 0.289 e. The molecular weight excluding hydrogens is 316 g/mol. The Morgan fingerprint density at radius 1 is 1.48 bits per heavy atom. The lowest BCUT2D eigenvalue weighted by Gasteiger charge is -2.09. The lowest BCUT2D eigenvalue weighted by molar-refractivity contribution is 0.0911. The quantitative estimate of drug-likeness (QED) is 0.871. The van der Waals surface area contributed by atoms with E-state index in [-0.39, 0.29) is 17.6 Å². The van der Waals surface area contributed by atoms with Crippen LogP contribution < -0.4 is 5.32 Å². The van der Waals surface area contributed by atoms with E-state index in [0.29, 0.717) is 23.8 Å². The number of carbonyl (C=O) groups is 1. The molecule has 1 N–H and O–H groups in total. The highest BCUT2D eigenvalue weighted by atomic mass is 35.5. The van der Waals surface area contributed by atoms with E-state index >= 15 is 0 Å². The van der Waals surface area contributed by atoms with Gasteiger partial charge in [0.15, 0.2) is 6.19 Å². The molecule has 1 aromatic heterocycles. The Labute approximate surface area is 138 Å². The number of carbonyl (C=O) groups excluding carboxylic acids is 1. The predicted octanol–water partition coefficient (Wildman–Crippen LogP) is 2.53. The maximum atomic E-state index is 12.1. The number of rotatable bonds is 4. The molecule has 0 bridgehead atoms. The zero-order valence-electron chi connectivity index (χ0n) is 12.3. The molecule has 7 heteroatoms. The van der Waals surface area contributed by atoms with Crippen LogP contribution in [0.5, 0.6) is 0 Å². The van der Waals surface area contributed by atoms with Gasteiger partial charge >= 0.3 is 0 Å². The molecular formula is C16H15ClN4O2. The molecule has 1 aliphatic rings. The number of nitrogens with one attached hydrogen (secondary N) is 1. The summed E-state index contributed by atoms with van der Waals surface area (Å²) in [5, 5.41) is 16.2. The molecule has 0 unspecified atom stereocenters. The molecule has 2 aromatic rings. The number of nitriles is 1. The summed E-state index contributed by atoms with van der Waals surface area (Å²) in [4.78, 5) is 13.8. The van der Waals surface area contributed by atoms with E-state index in [1.54, 1.807) is 23.1 Å². The highest BCUT2D eigenvalue weighted by Crippen LogP contribution is 2.21. The van der Waals surface area contributed by atoms with Crippen molar-refractivity contribution in [2.24, 2.45) is 5.92 Å². The molecule has 118 valence electrons. The minimum absolute atomic E-state index is 0.171. The second-order valence-corrected chi connectivity index (χ2v) is 5.93. The summed E-state index contributed by atoms with van der Waals surface area (Å²) in [6.45, 7) is 1.96.